The summed E-state index contributed by atoms with van der Waals surface area (Å²) in [7, 11) is 0. The van der Waals surface area contributed by atoms with Gasteiger partial charge in [-0.25, -0.2) is 3.15 Å². The van der Waals surface area contributed by atoms with Gasteiger partial charge in [-0.15, -0.1) is 0 Å². The van der Waals surface area contributed by atoms with Crippen LogP contribution in [0.3, 0.4) is 0 Å². The van der Waals surface area contributed by atoms with Gasteiger partial charge < -0.3 is 14.0 Å². The largest absolute Gasteiger partial charge is 0.480 e. The Morgan fingerprint density at radius 3 is 2.93 bits per heavy atom. The van der Waals surface area contributed by atoms with Crippen LogP contribution < -0.4 is 8.85 Å². The Morgan fingerprint density at radius 1 is 1.79 bits per heavy atom. The lowest BCUT2D eigenvalue weighted by Crippen LogP contribution is -2.40. The molecule has 0 amide bonds. The van der Waals surface area contributed by atoms with Crippen molar-refractivity contribution in [2.45, 2.75) is 32.4 Å². The molecule has 0 saturated carbocycles. The number of rotatable bonds is 5. The number of carbonyl (C=O) groups is 1. The van der Waals surface area contributed by atoms with Crippen molar-refractivity contribution >= 4 is 27.3 Å². The van der Waals surface area contributed by atoms with Gasteiger partial charge in [0.25, 0.3) is 0 Å². The normalized spacial score (nSPS) is 17.2. The fraction of sp³-hybridized carbons (Fsp3) is 0.625. The molecule has 1 aliphatic rings. The van der Waals surface area contributed by atoms with Gasteiger partial charge in [-0.3, -0.25) is 4.79 Å². The molecular weight excluding hydrogens is 297 g/mol. The highest BCUT2D eigenvalue weighted by molar-refractivity contribution is 14.1. The van der Waals surface area contributed by atoms with E-state index in [-0.39, 0.29) is 27.3 Å². The summed E-state index contributed by atoms with van der Waals surface area (Å²) < 4.78 is 7.25. The highest BCUT2D eigenvalue weighted by Crippen LogP contribution is 2.17. The zero-order chi connectivity index (χ0) is 10.6. The SMILES string of the molecule is CC(C)NC(CC1=CNI=N1)C(=O)O. The van der Waals surface area contributed by atoms with E-state index in [4.69, 9.17) is 5.11 Å². The second-order valence-electron chi connectivity index (χ2n) is 3.33. The van der Waals surface area contributed by atoms with Gasteiger partial charge in [-0.05, 0) is 0 Å². The Labute approximate surface area is 93.5 Å². The first-order valence-electron chi connectivity index (χ1n) is 4.37. The molecule has 0 radical (unpaired) electrons. The minimum Gasteiger partial charge on any atom is -0.480 e. The summed E-state index contributed by atoms with van der Waals surface area (Å²) in [6.07, 6.45) is 2.27. The highest BCUT2D eigenvalue weighted by atomic mass is 127. The van der Waals surface area contributed by atoms with Gasteiger partial charge in [-0.2, -0.15) is 0 Å². The molecule has 0 aromatic carbocycles. The molecule has 3 N–H and O–H groups in total. The number of aliphatic carboxylic acids is 1. The predicted octanol–water partition coefficient (Wildman–Crippen LogP) is 1.34. The summed E-state index contributed by atoms with van der Waals surface area (Å²) in [4.78, 5) is 10.9. The second-order valence-corrected chi connectivity index (χ2v) is 4.92. The molecule has 0 aliphatic carbocycles. The zero-order valence-electron chi connectivity index (χ0n) is 8.12. The standard InChI is InChI=1S/C8H14IN3O2/c1-5(2)11-7(8(13)14)3-6-4-10-9-12-6/h4-5,7,11H,3H2,1-2H3,(H,10,12)(H,13,14). The molecular formula is C8H14IN3O2. The molecule has 0 spiro atoms. The van der Waals surface area contributed by atoms with Crippen molar-refractivity contribution in [2.24, 2.45) is 3.15 Å². The summed E-state index contributed by atoms with van der Waals surface area (Å²) in [6, 6.07) is -0.366. The maximum absolute atomic E-state index is 10.9. The molecule has 5 nitrogen and oxygen atoms in total. The van der Waals surface area contributed by atoms with Crippen molar-refractivity contribution in [3.05, 3.63) is 11.9 Å². The molecule has 0 aromatic heterocycles. The summed E-state index contributed by atoms with van der Waals surface area (Å²) in [6.45, 7) is 3.86. The fourth-order valence-electron chi connectivity index (χ4n) is 1.11. The van der Waals surface area contributed by atoms with E-state index in [1.165, 1.54) is 0 Å². The minimum absolute atomic E-state index is 0.167. The third-order valence-electron chi connectivity index (χ3n) is 1.67. The van der Waals surface area contributed by atoms with Crippen molar-refractivity contribution < 1.29 is 9.90 Å². The van der Waals surface area contributed by atoms with Gasteiger partial charge in [0.05, 0.1) is 5.70 Å². The van der Waals surface area contributed by atoms with E-state index in [0.29, 0.717) is 6.42 Å². The number of halogens is 1. The number of hydrogen-bond donors (Lipinski definition) is 3. The molecule has 0 fully saturated rings. The van der Waals surface area contributed by atoms with E-state index >= 15 is 0 Å². The van der Waals surface area contributed by atoms with E-state index in [0.717, 1.165) is 5.70 Å². The summed E-state index contributed by atoms with van der Waals surface area (Å²) in [5.41, 5.74) is 0.860. The average Bonchev–Trinajstić information content (AvgIpc) is 2.54. The molecule has 1 atom stereocenters. The van der Waals surface area contributed by atoms with Crippen LogP contribution >= 0.6 is 21.3 Å². The van der Waals surface area contributed by atoms with Gasteiger partial charge in [0, 0.05) is 18.7 Å². The maximum atomic E-state index is 10.9. The predicted molar refractivity (Wildman–Crippen MR) is 62.0 cm³/mol. The molecule has 1 rings (SSSR count). The van der Waals surface area contributed by atoms with E-state index in [1.54, 1.807) is 0 Å². The van der Waals surface area contributed by atoms with Crippen LogP contribution in [0.4, 0.5) is 0 Å². The highest BCUT2D eigenvalue weighted by Gasteiger charge is 2.20. The molecule has 80 valence electrons. The lowest BCUT2D eigenvalue weighted by molar-refractivity contribution is -0.139. The van der Waals surface area contributed by atoms with Crippen molar-refractivity contribution in [2.75, 3.05) is 0 Å². The smallest absolute Gasteiger partial charge is 0.321 e. The quantitative estimate of drug-likeness (QED) is 0.529. The number of nitrogens with zero attached hydrogens (tertiary/aromatic N) is 1. The lowest BCUT2D eigenvalue weighted by Gasteiger charge is -2.16. The zero-order valence-corrected chi connectivity index (χ0v) is 10.3. The first kappa shape index (κ1) is 11.6. The third-order valence-corrected chi connectivity index (χ3v) is 3.12. The Bertz CT molecular complexity index is 276. The fourth-order valence-corrected chi connectivity index (χ4v) is 2.40. The molecule has 6 heteroatoms. The van der Waals surface area contributed by atoms with Crippen molar-refractivity contribution in [3.8, 4) is 0 Å². The average molecular weight is 311 g/mol. The van der Waals surface area contributed by atoms with Gasteiger partial charge >= 0.3 is 5.97 Å². The number of carboxylic acid groups (broad SMARTS) is 1. The van der Waals surface area contributed by atoms with Gasteiger partial charge in [0.2, 0.25) is 0 Å². The summed E-state index contributed by atoms with van der Waals surface area (Å²) in [5.74, 6) is -0.820. The van der Waals surface area contributed by atoms with Crippen LogP contribution in [0.1, 0.15) is 20.3 Å². The first-order chi connectivity index (χ1) is 6.59. The molecule has 0 saturated heterocycles. The maximum Gasteiger partial charge on any atom is 0.321 e. The summed E-state index contributed by atoms with van der Waals surface area (Å²) >= 11 is -0.309. The third kappa shape index (κ3) is 3.70. The monoisotopic (exact) mass is 311 g/mol. The first-order valence-corrected chi connectivity index (χ1v) is 6.41. The molecule has 0 bridgehead atoms. The lowest BCUT2D eigenvalue weighted by atomic mass is 10.1. The van der Waals surface area contributed by atoms with Gasteiger partial charge in [0.1, 0.15) is 27.3 Å². The van der Waals surface area contributed by atoms with Crippen molar-refractivity contribution in [3.63, 3.8) is 0 Å². The van der Waals surface area contributed by atoms with E-state index < -0.39 is 12.0 Å². The Kier molecular flexibility index (Phi) is 4.46. The van der Waals surface area contributed by atoms with Gasteiger partial charge in [-0.1, -0.05) is 13.8 Å². The van der Waals surface area contributed by atoms with E-state index in [1.807, 2.05) is 20.0 Å². The summed E-state index contributed by atoms with van der Waals surface area (Å²) in [5, 5.41) is 11.9. The van der Waals surface area contributed by atoms with E-state index in [9.17, 15) is 4.79 Å². The van der Waals surface area contributed by atoms with Crippen molar-refractivity contribution in [1.29, 1.82) is 0 Å². The minimum atomic E-state index is -0.820. The Morgan fingerprint density at radius 2 is 2.50 bits per heavy atom. The van der Waals surface area contributed by atoms with Crippen LogP contribution in [0, 0.1) is 0 Å². The Hall–Kier alpha value is -0.500. The van der Waals surface area contributed by atoms with Crippen molar-refractivity contribution in [1.82, 2.24) is 8.85 Å². The topological polar surface area (TPSA) is 73.7 Å². The molecule has 14 heavy (non-hydrogen) atoms. The molecule has 0 aromatic rings. The van der Waals surface area contributed by atoms with Crippen LogP contribution in [0.5, 0.6) is 0 Å². The Balaban J connectivity index is 2.50. The van der Waals surface area contributed by atoms with Crippen LogP contribution in [0.15, 0.2) is 15.0 Å². The van der Waals surface area contributed by atoms with Crippen LogP contribution in [0.2, 0.25) is 0 Å². The van der Waals surface area contributed by atoms with Gasteiger partial charge in [0.15, 0.2) is 0 Å². The molecule has 1 unspecified atom stereocenters. The van der Waals surface area contributed by atoms with Crippen LogP contribution in [-0.2, 0) is 4.79 Å². The molecule has 1 aliphatic heterocycles. The number of hydrogen-bond acceptors (Lipinski definition) is 4. The van der Waals surface area contributed by atoms with Crippen LogP contribution in [0.25, 0.3) is 0 Å². The molecule has 1 heterocycles. The number of nitrogens with one attached hydrogen (secondary N) is 2. The van der Waals surface area contributed by atoms with Crippen LogP contribution in [-0.4, -0.2) is 23.2 Å². The second kappa shape index (κ2) is 5.40. The van der Waals surface area contributed by atoms with E-state index in [2.05, 4.69) is 12.0 Å². The number of carboxylic acids is 1.